The molecule has 1 rings (SSSR count). The van der Waals surface area contributed by atoms with Crippen molar-refractivity contribution in [1.29, 1.82) is 0 Å². The topological polar surface area (TPSA) is 83.6 Å². The van der Waals surface area contributed by atoms with Crippen LogP contribution in [-0.4, -0.2) is 41.5 Å². The van der Waals surface area contributed by atoms with Crippen LogP contribution in [0.15, 0.2) is 0 Å². The summed E-state index contributed by atoms with van der Waals surface area (Å²) in [6.45, 7) is 1.20. The monoisotopic (exact) mass is 200 g/mol. The second-order valence-corrected chi connectivity index (χ2v) is 3.57. The van der Waals surface area contributed by atoms with E-state index in [0.29, 0.717) is 19.5 Å². The fraction of sp³-hybridized carbons (Fsp3) is 0.778. The van der Waals surface area contributed by atoms with E-state index in [1.54, 1.807) is 4.90 Å². The molecule has 1 atom stereocenters. The van der Waals surface area contributed by atoms with E-state index in [1.165, 1.54) is 0 Å². The normalized spacial score (nSPS) is 21.6. The number of hydrogen-bond donors (Lipinski definition) is 2. The smallest absolute Gasteiger partial charge is 0.223 e. The molecule has 1 heterocycles. The lowest BCUT2D eigenvalue weighted by atomic mass is 10.1. The molecule has 1 aliphatic rings. The Morgan fingerprint density at radius 3 is 2.79 bits per heavy atom. The highest BCUT2D eigenvalue weighted by Crippen LogP contribution is 2.17. The van der Waals surface area contributed by atoms with Crippen molar-refractivity contribution in [2.24, 2.45) is 11.7 Å². The molecular formula is C9H16N2O3. The van der Waals surface area contributed by atoms with Gasteiger partial charge in [-0.2, -0.15) is 0 Å². The lowest BCUT2D eigenvalue weighted by molar-refractivity contribution is -0.128. The maximum Gasteiger partial charge on any atom is 0.223 e. The Morgan fingerprint density at radius 1 is 1.57 bits per heavy atom. The summed E-state index contributed by atoms with van der Waals surface area (Å²) in [4.78, 5) is 23.8. The van der Waals surface area contributed by atoms with Crippen molar-refractivity contribution < 1.29 is 14.7 Å². The summed E-state index contributed by atoms with van der Waals surface area (Å²) in [5, 5.41) is 8.57. The second kappa shape index (κ2) is 4.95. The highest BCUT2D eigenvalue weighted by Gasteiger charge is 2.32. The van der Waals surface area contributed by atoms with Crippen LogP contribution in [0, 0.1) is 5.92 Å². The quantitative estimate of drug-likeness (QED) is 0.564. The molecule has 0 radical (unpaired) electrons. The molecule has 0 aliphatic carbocycles. The first-order valence-electron chi connectivity index (χ1n) is 4.83. The molecule has 1 saturated heterocycles. The standard InChI is InChI=1S/C9H16N2O3/c10-9(14)7-5-8(13)11(6-7)3-1-2-4-12/h7,12H,1-6H2,(H2,10,14). The molecule has 0 spiro atoms. The third-order valence-corrected chi connectivity index (χ3v) is 2.45. The number of aliphatic hydroxyl groups excluding tert-OH is 1. The van der Waals surface area contributed by atoms with Crippen molar-refractivity contribution in [3.05, 3.63) is 0 Å². The van der Waals surface area contributed by atoms with Crippen molar-refractivity contribution in [3.63, 3.8) is 0 Å². The van der Waals surface area contributed by atoms with Gasteiger partial charge in [0.05, 0.1) is 5.92 Å². The van der Waals surface area contributed by atoms with Crippen molar-refractivity contribution in [2.75, 3.05) is 19.7 Å². The van der Waals surface area contributed by atoms with Gasteiger partial charge in [0.15, 0.2) is 0 Å². The second-order valence-electron chi connectivity index (χ2n) is 3.57. The number of rotatable bonds is 5. The predicted octanol–water partition coefficient (Wildman–Crippen LogP) is -0.907. The highest BCUT2D eigenvalue weighted by atomic mass is 16.3. The molecule has 0 aromatic heterocycles. The van der Waals surface area contributed by atoms with Crippen molar-refractivity contribution >= 4 is 11.8 Å². The first-order valence-corrected chi connectivity index (χ1v) is 4.83. The molecular weight excluding hydrogens is 184 g/mol. The van der Waals surface area contributed by atoms with Gasteiger partial charge in [0.1, 0.15) is 0 Å². The first kappa shape index (κ1) is 11.0. The number of primary amides is 1. The van der Waals surface area contributed by atoms with Crippen molar-refractivity contribution in [2.45, 2.75) is 19.3 Å². The highest BCUT2D eigenvalue weighted by molar-refractivity contribution is 5.88. The van der Waals surface area contributed by atoms with Gasteiger partial charge >= 0.3 is 0 Å². The van der Waals surface area contributed by atoms with Gasteiger partial charge in [-0.1, -0.05) is 0 Å². The Morgan fingerprint density at radius 2 is 2.29 bits per heavy atom. The summed E-state index contributed by atoms with van der Waals surface area (Å²) < 4.78 is 0. The first-order chi connectivity index (χ1) is 6.65. The number of likely N-dealkylation sites (tertiary alicyclic amines) is 1. The summed E-state index contributed by atoms with van der Waals surface area (Å²) in [6.07, 6.45) is 1.70. The number of hydrogen-bond acceptors (Lipinski definition) is 3. The Kier molecular flexibility index (Phi) is 3.88. The van der Waals surface area contributed by atoms with Gasteiger partial charge in [-0.25, -0.2) is 0 Å². The number of aliphatic hydroxyl groups is 1. The van der Waals surface area contributed by atoms with E-state index >= 15 is 0 Å². The number of carbonyl (C=O) groups excluding carboxylic acids is 2. The average Bonchev–Trinajstić information content (AvgIpc) is 2.49. The number of nitrogens with two attached hydrogens (primary N) is 1. The van der Waals surface area contributed by atoms with Crippen molar-refractivity contribution in [1.82, 2.24) is 4.90 Å². The largest absolute Gasteiger partial charge is 0.396 e. The molecule has 5 heteroatoms. The van der Waals surface area contributed by atoms with E-state index in [2.05, 4.69) is 0 Å². The molecule has 1 unspecified atom stereocenters. The van der Waals surface area contributed by atoms with Gasteiger partial charge in [-0.3, -0.25) is 9.59 Å². The third kappa shape index (κ3) is 2.70. The van der Waals surface area contributed by atoms with Crippen LogP contribution in [-0.2, 0) is 9.59 Å². The molecule has 3 N–H and O–H groups in total. The Bertz CT molecular complexity index is 230. The van der Waals surface area contributed by atoms with Crippen LogP contribution in [0.3, 0.4) is 0 Å². The number of amides is 2. The van der Waals surface area contributed by atoms with Crippen LogP contribution in [0.25, 0.3) is 0 Å². The van der Waals surface area contributed by atoms with Gasteiger partial charge in [0.2, 0.25) is 11.8 Å². The molecule has 1 fully saturated rings. The summed E-state index contributed by atoms with van der Waals surface area (Å²) in [6, 6.07) is 0. The summed E-state index contributed by atoms with van der Waals surface area (Å²) in [7, 11) is 0. The zero-order valence-electron chi connectivity index (χ0n) is 8.11. The molecule has 14 heavy (non-hydrogen) atoms. The molecule has 0 bridgehead atoms. The van der Waals surface area contributed by atoms with Gasteiger partial charge in [-0.15, -0.1) is 0 Å². The average molecular weight is 200 g/mol. The molecule has 2 amide bonds. The number of unbranched alkanes of at least 4 members (excludes halogenated alkanes) is 1. The van der Waals surface area contributed by atoms with Gasteiger partial charge < -0.3 is 15.7 Å². The van der Waals surface area contributed by atoms with Gasteiger partial charge in [0, 0.05) is 26.1 Å². The third-order valence-electron chi connectivity index (χ3n) is 2.45. The van der Waals surface area contributed by atoms with Crippen LogP contribution in [0.2, 0.25) is 0 Å². The van der Waals surface area contributed by atoms with Gasteiger partial charge in [-0.05, 0) is 12.8 Å². The van der Waals surface area contributed by atoms with Crippen LogP contribution < -0.4 is 5.73 Å². The Labute approximate surface area is 82.9 Å². The van der Waals surface area contributed by atoms with E-state index in [1.807, 2.05) is 0 Å². The number of nitrogens with zero attached hydrogens (tertiary/aromatic N) is 1. The lowest BCUT2D eigenvalue weighted by Gasteiger charge is -2.15. The van der Waals surface area contributed by atoms with Crippen LogP contribution in [0.1, 0.15) is 19.3 Å². The van der Waals surface area contributed by atoms with Gasteiger partial charge in [0.25, 0.3) is 0 Å². The van der Waals surface area contributed by atoms with Crippen molar-refractivity contribution in [3.8, 4) is 0 Å². The molecule has 0 aromatic rings. The minimum atomic E-state index is -0.400. The van der Waals surface area contributed by atoms with Crippen LogP contribution in [0.4, 0.5) is 0 Å². The molecule has 0 aromatic carbocycles. The summed E-state index contributed by atoms with van der Waals surface area (Å²) in [5.41, 5.74) is 5.12. The maximum absolute atomic E-state index is 11.3. The van der Waals surface area contributed by atoms with E-state index in [-0.39, 0.29) is 24.9 Å². The SMILES string of the molecule is NC(=O)C1CC(=O)N(CCCCO)C1. The minimum absolute atomic E-state index is 0.00765. The van der Waals surface area contributed by atoms with E-state index in [9.17, 15) is 9.59 Å². The zero-order valence-corrected chi connectivity index (χ0v) is 8.11. The zero-order chi connectivity index (χ0) is 10.6. The molecule has 0 saturated carbocycles. The lowest BCUT2D eigenvalue weighted by Crippen LogP contribution is -2.29. The molecule has 5 nitrogen and oxygen atoms in total. The Balaban J connectivity index is 2.33. The minimum Gasteiger partial charge on any atom is -0.396 e. The van der Waals surface area contributed by atoms with E-state index < -0.39 is 5.91 Å². The summed E-state index contributed by atoms with van der Waals surface area (Å²) >= 11 is 0. The Hall–Kier alpha value is -1.10. The van der Waals surface area contributed by atoms with E-state index in [0.717, 1.165) is 6.42 Å². The molecule has 1 aliphatic heterocycles. The molecule has 80 valence electrons. The maximum atomic E-state index is 11.3. The van der Waals surface area contributed by atoms with E-state index in [4.69, 9.17) is 10.8 Å². The van der Waals surface area contributed by atoms with Crippen LogP contribution in [0.5, 0.6) is 0 Å². The number of carbonyl (C=O) groups is 2. The predicted molar refractivity (Wildman–Crippen MR) is 50.2 cm³/mol. The summed E-state index contributed by atoms with van der Waals surface area (Å²) in [5.74, 6) is -0.730. The fourth-order valence-corrected chi connectivity index (χ4v) is 1.59. The van der Waals surface area contributed by atoms with Crippen LogP contribution >= 0.6 is 0 Å². The fourth-order valence-electron chi connectivity index (χ4n) is 1.59.